The average molecular weight is 425 g/mol. The van der Waals surface area contributed by atoms with E-state index in [9.17, 15) is 14.4 Å². The molecule has 0 saturated carbocycles. The van der Waals surface area contributed by atoms with E-state index in [1.807, 2.05) is 0 Å². The fraction of sp³-hybridized carbons (Fsp3) is 0.381. The van der Waals surface area contributed by atoms with Crippen LogP contribution in [0.2, 0.25) is 0 Å². The molecule has 0 atom stereocenters. The first-order valence-corrected chi connectivity index (χ1v) is 10.1. The smallest absolute Gasteiger partial charge is 0.262 e. The molecule has 1 N–H and O–H groups in total. The molecule has 3 heterocycles. The number of imide groups is 1. The molecule has 1 fully saturated rings. The number of benzene rings is 1. The molecule has 10 heteroatoms. The first-order valence-electron chi connectivity index (χ1n) is 10.1. The topological polar surface area (TPSA) is 114 Å². The summed E-state index contributed by atoms with van der Waals surface area (Å²) in [5.74, 6) is 0.432. The van der Waals surface area contributed by atoms with Gasteiger partial charge in [0.2, 0.25) is 11.8 Å². The Morgan fingerprint density at radius 3 is 2.48 bits per heavy atom. The molecule has 1 saturated heterocycles. The lowest BCUT2D eigenvalue weighted by Gasteiger charge is -2.28. The number of ether oxygens (including phenoxy) is 2. The monoisotopic (exact) mass is 425 g/mol. The van der Waals surface area contributed by atoms with Crippen LogP contribution >= 0.6 is 0 Å². The third-order valence-corrected chi connectivity index (χ3v) is 4.99. The predicted molar refractivity (Wildman–Crippen MR) is 110 cm³/mol. The van der Waals surface area contributed by atoms with Gasteiger partial charge in [0.1, 0.15) is 24.8 Å². The predicted octanol–water partition coefficient (Wildman–Crippen LogP) is 0.413. The number of rotatable bonds is 7. The van der Waals surface area contributed by atoms with Crippen molar-refractivity contribution < 1.29 is 23.9 Å². The Bertz CT molecular complexity index is 970. The normalized spacial score (nSPS) is 15.8. The van der Waals surface area contributed by atoms with E-state index < -0.39 is 17.7 Å². The van der Waals surface area contributed by atoms with E-state index in [-0.39, 0.29) is 19.7 Å². The molecule has 31 heavy (non-hydrogen) atoms. The van der Waals surface area contributed by atoms with Gasteiger partial charge in [-0.2, -0.15) is 4.98 Å². The number of aryl methyl sites for hydroxylation is 1. The number of morpholine rings is 1. The summed E-state index contributed by atoms with van der Waals surface area (Å²) in [5.41, 5.74) is 0.637. The fourth-order valence-electron chi connectivity index (χ4n) is 3.48. The Balaban J connectivity index is 1.26. The van der Waals surface area contributed by atoms with Gasteiger partial charge < -0.3 is 19.7 Å². The number of anilines is 1. The number of nitrogens with zero attached hydrogens (tertiary/aromatic N) is 4. The van der Waals surface area contributed by atoms with Crippen molar-refractivity contribution in [3.63, 3.8) is 0 Å². The molecular weight excluding hydrogens is 402 g/mol. The van der Waals surface area contributed by atoms with Crippen LogP contribution in [-0.4, -0.2) is 78.6 Å². The van der Waals surface area contributed by atoms with Gasteiger partial charge in [-0.25, -0.2) is 4.98 Å². The highest BCUT2D eigenvalue weighted by molar-refractivity contribution is 6.22. The van der Waals surface area contributed by atoms with E-state index in [0.717, 1.165) is 23.8 Å². The summed E-state index contributed by atoms with van der Waals surface area (Å²) in [6.45, 7) is 4.66. The molecular formula is C21H23N5O5. The van der Waals surface area contributed by atoms with Gasteiger partial charge in [-0.1, -0.05) is 12.1 Å². The maximum absolute atomic E-state index is 12.3. The Labute approximate surface area is 179 Å². The van der Waals surface area contributed by atoms with Crippen molar-refractivity contribution >= 4 is 23.5 Å². The van der Waals surface area contributed by atoms with Crippen molar-refractivity contribution in [2.24, 2.45) is 0 Å². The molecule has 1 aromatic heterocycles. The van der Waals surface area contributed by atoms with Crippen LogP contribution in [0.4, 0.5) is 5.82 Å². The molecule has 1 aromatic carbocycles. The number of aromatic nitrogens is 2. The van der Waals surface area contributed by atoms with Crippen LogP contribution in [0.1, 0.15) is 26.5 Å². The molecule has 4 rings (SSSR count). The summed E-state index contributed by atoms with van der Waals surface area (Å²) in [6, 6.07) is 8.29. The molecule has 0 bridgehead atoms. The SMILES string of the molecule is Cc1nc(OCCNC(=O)CN2C(=O)c3ccccc3C2=O)cc(N2CCOCC2)n1. The first-order chi connectivity index (χ1) is 15.0. The van der Waals surface area contributed by atoms with Crippen LogP contribution in [0.3, 0.4) is 0 Å². The van der Waals surface area contributed by atoms with Crippen molar-refractivity contribution in [3.8, 4) is 5.88 Å². The van der Waals surface area contributed by atoms with Crippen LogP contribution < -0.4 is 15.0 Å². The van der Waals surface area contributed by atoms with Crippen LogP contribution in [0, 0.1) is 6.92 Å². The highest BCUT2D eigenvalue weighted by Crippen LogP contribution is 2.22. The van der Waals surface area contributed by atoms with Crippen molar-refractivity contribution in [1.82, 2.24) is 20.2 Å². The lowest BCUT2D eigenvalue weighted by molar-refractivity contribution is -0.121. The minimum Gasteiger partial charge on any atom is -0.476 e. The molecule has 162 valence electrons. The highest BCUT2D eigenvalue weighted by atomic mass is 16.5. The maximum Gasteiger partial charge on any atom is 0.262 e. The lowest BCUT2D eigenvalue weighted by Crippen LogP contribution is -2.41. The standard InChI is InChI=1S/C21H23N5O5/c1-14-23-17(25-7-10-30-11-8-25)12-19(24-14)31-9-6-22-18(27)13-26-20(28)15-4-2-3-5-16(15)21(26)29/h2-5,12H,6-11,13H2,1H3,(H,22,27). The van der Waals surface area contributed by atoms with Crippen LogP contribution in [0.15, 0.2) is 30.3 Å². The Morgan fingerprint density at radius 1 is 1.13 bits per heavy atom. The summed E-state index contributed by atoms with van der Waals surface area (Å²) in [6.07, 6.45) is 0. The minimum atomic E-state index is -0.459. The van der Waals surface area contributed by atoms with Gasteiger partial charge in [0.15, 0.2) is 0 Å². The minimum absolute atomic E-state index is 0.187. The van der Waals surface area contributed by atoms with E-state index in [2.05, 4.69) is 20.2 Å². The van der Waals surface area contributed by atoms with Crippen LogP contribution in [0.25, 0.3) is 0 Å². The molecule has 2 aliphatic heterocycles. The first kappa shape index (κ1) is 20.7. The van der Waals surface area contributed by atoms with Crippen LogP contribution in [0.5, 0.6) is 5.88 Å². The number of amides is 3. The fourth-order valence-corrected chi connectivity index (χ4v) is 3.48. The number of hydrogen-bond donors (Lipinski definition) is 1. The third-order valence-electron chi connectivity index (χ3n) is 4.99. The quantitative estimate of drug-likeness (QED) is 0.501. The highest BCUT2D eigenvalue weighted by Gasteiger charge is 2.36. The largest absolute Gasteiger partial charge is 0.476 e. The Kier molecular flexibility index (Phi) is 6.08. The summed E-state index contributed by atoms with van der Waals surface area (Å²) in [4.78, 5) is 48.6. The van der Waals surface area contributed by atoms with Crippen molar-refractivity contribution in [2.75, 3.05) is 50.9 Å². The van der Waals surface area contributed by atoms with Gasteiger partial charge in [0, 0.05) is 19.2 Å². The molecule has 0 spiro atoms. The van der Waals surface area contributed by atoms with Gasteiger partial charge >= 0.3 is 0 Å². The third kappa shape index (κ3) is 4.64. The number of carbonyl (C=O) groups excluding carboxylic acids is 3. The van der Waals surface area contributed by atoms with E-state index in [1.54, 1.807) is 37.3 Å². The zero-order valence-corrected chi connectivity index (χ0v) is 17.2. The number of nitrogens with one attached hydrogen (secondary N) is 1. The number of carbonyl (C=O) groups is 3. The van der Waals surface area contributed by atoms with Crippen LogP contribution in [-0.2, 0) is 9.53 Å². The summed E-state index contributed by atoms with van der Waals surface area (Å²) >= 11 is 0. The summed E-state index contributed by atoms with van der Waals surface area (Å²) in [7, 11) is 0. The molecule has 2 aromatic rings. The molecule has 10 nitrogen and oxygen atoms in total. The number of fused-ring (bicyclic) bond motifs is 1. The van der Waals surface area contributed by atoms with E-state index >= 15 is 0 Å². The summed E-state index contributed by atoms with van der Waals surface area (Å²) in [5, 5.41) is 2.66. The van der Waals surface area contributed by atoms with E-state index in [4.69, 9.17) is 9.47 Å². The van der Waals surface area contributed by atoms with Crippen molar-refractivity contribution in [3.05, 3.63) is 47.3 Å². The van der Waals surface area contributed by atoms with Gasteiger partial charge in [0.05, 0.1) is 30.9 Å². The molecule has 0 radical (unpaired) electrons. The Morgan fingerprint density at radius 2 is 1.81 bits per heavy atom. The van der Waals surface area contributed by atoms with Gasteiger partial charge in [0.25, 0.3) is 11.8 Å². The average Bonchev–Trinajstić information content (AvgIpc) is 3.02. The molecule has 2 aliphatic rings. The van der Waals surface area contributed by atoms with Crippen molar-refractivity contribution in [2.45, 2.75) is 6.92 Å². The second kappa shape index (κ2) is 9.09. The second-order valence-corrected chi connectivity index (χ2v) is 7.15. The van der Waals surface area contributed by atoms with E-state index in [0.29, 0.717) is 36.0 Å². The van der Waals surface area contributed by atoms with Crippen molar-refractivity contribution in [1.29, 1.82) is 0 Å². The van der Waals surface area contributed by atoms with Gasteiger partial charge in [-0.15, -0.1) is 0 Å². The Hall–Kier alpha value is -3.53. The zero-order chi connectivity index (χ0) is 21.8. The summed E-state index contributed by atoms with van der Waals surface area (Å²) < 4.78 is 11.0. The molecule has 0 aliphatic carbocycles. The second-order valence-electron chi connectivity index (χ2n) is 7.15. The van der Waals surface area contributed by atoms with Gasteiger partial charge in [-0.3, -0.25) is 19.3 Å². The van der Waals surface area contributed by atoms with E-state index in [1.165, 1.54) is 0 Å². The molecule has 3 amide bonds. The zero-order valence-electron chi connectivity index (χ0n) is 17.2. The van der Waals surface area contributed by atoms with Gasteiger partial charge in [-0.05, 0) is 19.1 Å². The lowest BCUT2D eigenvalue weighted by atomic mass is 10.1. The molecule has 0 unspecified atom stereocenters. The maximum atomic E-state index is 12.3. The number of hydrogen-bond acceptors (Lipinski definition) is 8.